The highest BCUT2D eigenvalue weighted by Crippen LogP contribution is 2.51. The van der Waals surface area contributed by atoms with E-state index >= 15 is 0 Å². The molecular weight excluding hydrogens is 713 g/mol. The molecule has 0 radical (unpaired) electrons. The number of allylic oxidation sites excluding steroid dienone is 4. The molecule has 10 rings (SSSR count). The number of fused-ring (bicyclic) bond motifs is 8. The van der Waals surface area contributed by atoms with Crippen molar-refractivity contribution in [3.8, 4) is 22.3 Å². The molecule has 0 fully saturated rings. The van der Waals surface area contributed by atoms with Crippen LogP contribution in [0.5, 0.6) is 0 Å². The zero-order chi connectivity index (χ0) is 40.5. The summed E-state index contributed by atoms with van der Waals surface area (Å²) in [6.45, 7) is 11.4. The minimum Gasteiger partial charge on any atom is -0.336 e. The van der Waals surface area contributed by atoms with E-state index in [9.17, 15) is 0 Å². The Hall–Kier alpha value is -7.08. The molecule has 1 heterocycles. The smallest absolute Gasteiger partial charge is 0.0561 e. The number of hydrogen-bond donors (Lipinski definition) is 0. The van der Waals surface area contributed by atoms with Gasteiger partial charge in [0.05, 0.1) is 11.2 Å². The Morgan fingerprint density at radius 1 is 0.627 bits per heavy atom. The maximum absolute atomic E-state index is 3.47. The van der Waals surface area contributed by atoms with E-state index in [-0.39, 0.29) is 5.41 Å². The van der Waals surface area contributed by atoms with Gasteiger partial charge in [0, 0.05) is 50.6 Å². The highest BCUT2D eigenvalue weighted by molar-refractivity contribution is 6.24. The minimum atomic E-state index is -0.213. The fraction of sp³-hybridized carbons (Fsp3) is 0.123. The van der Waals surface area contributed by atoms with Crippen LogP contribution in [0, 0.1) is 12.1 Å². The summed E-state index contributed by atoms with van der Waals surface area (Å²) in [7, 11) is 0. The zero-order valence-corrected chi connectivity index (χ0v) is 34.5. The fourth-order valence-corrected chi connectivity index (χ4v) is 9.08. The molecule has 1 aromatic heterocycles. The van der Waals surface area contributed by atoms with Gasteiger partial charge < -0.3 is 9.47 Å². The lowest BCUT2D eigenvalue weighted by Crippen LogP contribution is -2.16. The summed E-state index contributed by atoms with van der Waals surface area (Å²) in [4.78, 5) is 2.47. The second-order valence-electron chi connectivity index (χ2n) is 15.5. The molecule has 8 aromatic carbocycles. The van der Waals surface area contributed by atoms with Gasteiger partial charge in [-0.1, -0.05) is 179 Å². The van der Waals surface area contributed by atoms with Gasteiger partial charge in [-0.15, -0.1) is 0 Å². The van der Waals surface area contributed by atoms with Gasteiger partial charge in [-0.2, -0.15) is 0 Å². The van der Waals surface area contributed by atoms with Gasteiger partial charge >= 0.3 is 0 Å². The van der Waals surface area contributed by atoms with E-state index in [0.717, 1.165) is 23.6 Å². The number of aromatic nitrogens is 1. The van der Waals surface area contributed by atoms with Crippen LogP contribution in [0.4, 0.5) is 17.1 Å². The van der Waals surface area contributed by atoms with Crippen LogP contribution in [-0.4, -0.2) is 4.57 Å². The van der Waals surface area contributed by atoms with Crippen molar-refractivity contribution in [3.05, 3.63) is 217 Å². The van der Waals surface area contributed by atoms with E-state index in [0.29, 0.717) is 0 Å². The first-order valence-electron chi connectivity index (χ1n) is 20.9. The minimum absolute atomic E-state index is 0.213. The first-order chi connectivity index (χ1) is 29.0. The first kappa shape index (κ1) is 37.5. The van der Waals surface area contributed by atoms with Crippen molar-refractivity contribution in [1.29, 1.82) is 0 Å². The summed E-state index contributed by atoms with van der Waals surface area (Å²) >= 11 is 0. The maximum Gasteiger partial charge on any atom is 0.0561 e. The molecule has 0 saturated carbocycles. The molecule has 0 bridgehead atoms. The molecular formula is C57H48N2. The number of anilines is 3. The molecule has 0 aliphatic heterocycles. The van der Waals surface area contributed by atoms with Gasteiger partial charge in [0.2, 0.25) is 0 Å². The van der Waals surface area contributed by atoms with Crippen molar-refractivity contribution >= 4 is 55.2 Å². The predicted octanol–water partition coefficient (Wildman–Crippen LogP) is 15.7. The van der Waals surface area contributed by atoms with E-state index in [2.05, 4.69) is 224 Å². The van der Waals surface area contributed by atoms with Gasteiger partial charge in [0.25, 0.3) is 0 Å². The summed E-state index contributed by atoms with van der Waals surface area (Å²) in [6.07, 6.45) is 6.71. The maximum atomic E-state index is 3.47. The third-order valence-corrected chi connectivity index (χ3v) is 11.8. The number of hydrogen-bond acceptors (Lipinski definition) is 1. The molecule has 1 aliphatic rings. The number of benzene rings is 7. The van der Waals surface area contributed by atoms with Crippen molar-refractivity contribution < 1.29 is 0 Å². The van der Waals surface area contributed by atoms with Gasteiger partial charge in [-0.05, 0) is 99.8 Å². The van der Waals surface area contributed by atoms with Gasteiger partial charge in [-0.3, -0.25) is 0 Å². The highest BCUT2D eigenvalue weighted by Gasteiger charge is 2.36. The average Bonchev–Trinajstić information content (AvgIpc) is 3.74. The summed E-state index contributed by atoms with van der Waals surface area (Å²) in [5.41, 5.74) is 15.4. The summed E-state index contributed by atoms with van der Waals surface area (Å²) in [5, 5.41) is 4.99. The Bertz CT molecular complexity index is 3000. The van der Waals surface area contributed by atoms with Gasteiger partial charge in [0.15, 0.2) is 0 Å². The van der Waals surface area contributed by atoms with Crippen LogP contribution < -0.4 is 4.90 Å². The molecule has 1 aliphatic carbocycles. The molecule has 286 valence electrons. The van der Waals surface area contributed by atoms with E-state index in [1.807, 2.05) is 19.9 Å². The van der Waals surface area contributed by atoms with Crippen LogP contribution in [0.25, 0.3) is 60.4 Å². The number of rotatable bonds is 8. The van der Waals surface area contributed by atoms with Crippen LogP contribution in [-0.2, 0) is 12.0 Å². The number of para-hydroxylation sites is 1. The van der Waals surface area contributed by atoms with E-state index < -0.39 is 0 Å². The van der Waals surface area contributed by atoms with Gasteiger partial charge in [-0.25, -0.2) is 0 Å². The molecule has 0 atom stereocenters. The van der Waals surface area contributed by atoms with Crippen molar-refractivity contribution in [3.63, 3.8) is 0 Å². The highest BCUT2D eigenvalue weighted by atomic mass is 15.1. The Labute approximate surface area is 349 Å². The van der Waals surface area contributed by atoms with E-state index in [1.54, 1.807) is 0 Å². The monoisotopic (exact) mass is 760 g/mol. The summed E-state index contributed by atoms with van der Waals surface area (Å²) in [6, 6.07) is 68.5. The average molecular weight is 761 g/mol. The SMILES string of the molecule is C/C=C\C(=C/Cn1c2ccccc2c2c3ccccc3c(N(c3ccc(-c4ccccc4)cc3)c3ccc4c(c3)C(C)(C)c3c#cccc3-4)cc21)c1ccccc1.CC. The fourth-order valence-electron chi connectivity index (χ4n) is 9.08. The topological polar surface area (TPSA) is 8.17 Å². The molecule has 2 heteroatoms. The normalized spacial score (nSPS) is 12.9. The second kappa shape index (κ2) is 15.7. The van der Waals surface area contributed by atoms with Crippen molar-refractivity contribution in [2.75, 3.05) is 4.90 Å². The molecule has 0 amide bonds. The molecule has 9 aromatic rings. The van der Waals surface area contributed by atoms with Crippen LogP contribution >= 0.6 is 0 Å². The summed E-state index contributed by atoms with van der Waals surface area (Å²) in [5.74, 6) is 0. The van der Waals surface area contributed by atoms with Crippen LogP contribution in [0.1, 0.15) is 51.3 Å². The van der Waals surface area contributed by atoms with E-state index in [4.69, 9.17) is 0 Å². The lowest BCUT2D eigenvalue weighted by Gasteiger charge is -2.29. The summed E-state index contributed by atoms with van der Waals surface area (Å²) < 4.78 is 2.50. The third kappa shape index (κ3) is 6.50. The lowest BCUT2D eigenvalue weighted by atomic mass is 9.83. The van der Waals surface area contributed by atoms with E-state index in [1.165, 1.54) is 77.1 Å². The molecule has 0 saturated heterocycles. The molecule has 0 spiro atoms. The third-order valence-electron chi connectivity index (χ3n) is 11.8. The molecule has 59 heavy (non-hydrogen) atoms. The lowest BCUT2D eigenvalue weighted by molar-refractivity contribution is 0.661. The van der Waals surface area contributed by atoms with Crippen LogP contribution in [0.2, 0.25) is 0 Å². The van der Waals surface area contributed by atoms with Crippen molar-refractivity contribution in [1.82, 2.24) is 4.57 Å². The van der Waals surface area contributed by atoms with Gasteiger partial charge in [0.1, 0.15) is 0 Å². The van der Waals surface area contributed by atoms with Crippen molar-refractivity contribution in [2.24, 2.45) is 0 Å². The molecule has 0 unspecified atom stereocenters. The Morgan fingerprint density at radius 2 is 1.27 bits per heavy atom. The second-order valence-corrected chi connectivity index (χ2v) is 15.5. The Kier molecular flexibility index (Phi) is 9.97. The standard InChI is InChI=1S/C55H42N2.C2H6/c1-4-17-38(39-18-7-5-8-19-39)34-35-56-51-27-16-14-25-48(51)54-47-24-12-11-23-46(47)52(37-53(54)56)57(42-30-28-41(29-31-42)40-20-9-6-10-21-40)43-32-33-45-44-22-13-15-26-49(44)55(2,3)50(45)36-43;1-2/h4-14,16-25,27-34,36-37H,35H2,1-3H3;1-2H3/b17-4-,38-34+;. The van der Waals surface area contributed by atoms with Crippen LogP contribution in [0.15, 0.2) is 188 Å². The largest absolute Gasteiger partial charge is 0.336 e. The Balaban J connectivity index is 0.00000221. The number of nitrogens with zero attached hydrogens (tertiary/aromatic N) is 2. The quantitative estimate of drug-likeness (QED) is 0.140. The molecule has 0 N–H and O–H groups in total. The first-order valence-corrected chi connectivity index (χ1v) is 20.9. The predicted molar refractivity (Wildman–Crippen MR) is 253 cm³/mol. The Morgan fingerprint density at radius 3 is 2.02 bits per heavy atom. The molecule has 2 nitrogen and oxygen atoms in total. The zero-order valence-electron chi connectivity index (χ0n) is 34.5. The van der Waals surface area contributed by atoms with Crippen molar-refractivity contribution in [2.45, 2.75) is 46.6 Å². The van der Waals surface area contributed by atoms with Crippen LogP contribution in [0.3, 0.4) is 0 Å².